The highest BCUT2D eigenvalue weighted by molar-refractivity contribution is 7.22. The molecule has 3 aromatic rings. The minimum absolute atomic E-state index is 0.195. The molecule has 5 nitrogen and oxygen atoms in total. The number of benzene rings is 1. The standard InChI is InChI=1S/C16H13NO4S/c1-3-20-16(19)13-17-14-11(15(18)21-13)9(2)12(22-14)10-7-5-4-6-8-10/h4-8H,3H2,1-2H3. The third kappa shape index (κ3) is 2.42. The molecule has 0 amide bonds. The SMILES string of the molecule is CCOC(=O)c1nc2sc(-c3ccccc3)c(C)c2c(=O)o1. The summed E-state index contributed by atoms with van der Waals surface area (Å²) in [6.45, 7) is 3.72. The molecular formula is C16H13NO4S. The second-order valence-corrected chi connectivity index (χ2v) is 5.63. The predicted octanol–water partition coefficient (Wildman–Crippen LogP) is 3.40. The number of carbonyl (C=O) groups excluding carboxylic acids is 1. The molecule has 0 atom stereocenters. The van der Waals surface area contributed by atoms with E-state index in [-0.39, 0.29) is 12.5 Å². The minimum Gasteiger partial charge on any atom is -0.459 e. The summed E-state index contributed by atoms with van der Waals surface area (Å²) >= 11 is 1.36. The molecule has 0 spiro atoms. The first-order chi connectivity index (χ1) is 10.6. The Morgan fingerprint density at radius 2 is 2.05 bits per heavy atom. The van der Waals surface area contributed by atoms with Crippen LogP contribution in [-0.2, 0) is 4.74 Å². The van der Waals surface area contributed by atoms with E-state index in [1.165, 1.54) is 11.3 Å². The Labute approximate surface area is 130 Å². The van der Waals surface area contributed by atoms with Crippen molar-refractivity contribution < 1.29 is 13.9 Å². The molecule has 0 unspecified atom stereocenters. The van der Waals surface area contributed by atoms with Crippen molar-refractivity contribution in [1.82, 2.24) is 4.98 Å². The molecular weight excluding hydrogens is 302 g/mol. The number of hydrogen-bond acceptors (Lipinski definition) is 6. The number of fused-ring (bicyclic) bond motifs is 1. The lowest BCUT2D eigenvalue weighted by Gasteiger charge is -1.99. The number of nitrogens with zero attached hydrogens (tertiary/aromatic N) is 1. The van der Waals surface area contributed by atoms with Gasteiger partial charge in [0.15, 0.2) is 0 Å². The highest BCUT2D eigenvalue weighted by Gasteiger charge is 2.20. The third-order valence-electron chi connectivity index (χ3n) is 3.21. The zero-order valence-corrected chi connectivity index (χ0v) is 12.9. The molecule has 0 saturated carbocycles. The van der Waals surface area contributed by atoms with Gasteiger partial charge >= 0.3 is 17.5 Å². The molecule has 0 aliphatic heterocycles. The first kappa shape index (κ1) is 14.5. The van der Waals surface area contributed by atoms with Gasteiger partial charge < -0.3 is 9.15 Å². The van der Waals surface area contributed by atoms with E-state index >= 15 is 0 Å². The minimum atomic E-state index is -0.728. The summed E-state index contributed by atoms with van der Waals surface area (Å²) in [5.74, 6) is -1.03. The number of ether oxygens (including phenoxy) is 1. The van der Waals surface area contributed by atoms with Crippen LogP contribution in [0.25, 0.3) is 20.7 Å². The van der Waals surface area contributed by atoms with E-state index in [9.17, 15) is 9.59 Å². The predicted molar refractivity (Wildman–Crippen MR) is 84.3 cm³/mol. The molecule has 0 aliphatic carbocycles. The maximum atomic E-state index is 12.2. The van der Waals surface area contributed by atoms with Gasteiger partial charge in [-0.15, -0.1) is 11.3 Å². The van der Waals surface area contributed by atoms with Crippen LogP contribution >= 0.6 is 11.3 Å². The lowest BCUT2D eigenvalue weighted by Crippen LogP contribution is -2.12. The van der Waals surface area contributed by atoms with Crippen molar-refractivity contribution in [2.75, 3.05) is 6.61 Å². The van der Waals surface area contributed by atoms with Crippen LogP contribution in [0.3, 0.4) is 0 Å². The second-order valence-electron chi connectivity index (χ2n) is 4.63. The van der Waals surface area contributed by atoms with Crippen LogP contribution in [0.15, 0.2) is 39.5 Å². The fourth-order valence-electron chi connectivity index (χ4n) is 2.22. The normalized spacial score (nSPS) is 10.8. The summed E-state index contributed by atoms with van der Waals surface area (Å²) < 4.78 is 9.82. The first-order valence-corrected chi connectivity index (χ1v) is 7.60. The lowest BCUT2D eigenvalue weighted by atomic mass is 10.1. The third-order valence-corrected chi connectivity index (χ3v) is 4.45. The summed E-state index contributed by atoms with van der Waals surface area (Å²) in [6.07, 6.45) is 0. The number of carbonyl (C=O) groups is 1. The number of aromatic nitrogens is 1. The number of esters is 1. The van der Waals surface area contributed by atoms with Crippen molar-refractivity contribution in [2.45, 2.75) is 13.8 Å². The molecule has 2 heterocycles. The Balaban J connectivity index is 2.20. The van der Waals surface area contributed by atoms with Gasteiger partial charge in [0.05, 0.1) is 6.61 Å². The van der Waals surface area contributed by atoms with E-state index in [0.29, 0.717) is 10.2 Å². The zero-order valence-electron chi connectivity index (χ0n) is 12.1. The van der Waals surface area contributed by atoms with Gasteiger partial charge in [-0.25, -0.2) is 9.59 Å². The highest BCUT2D eigenvalue weighted by atomic mass is 32.1. The van der Waals surface area contributed by atoms with E-state index in [1.807, 2.05) is 37.3 Å². The zero-order chi connectivity index (χ0) is 15.7. The fourth-order valence-corrected chi connectivity index (χ4v) is 3.39. The van der Waals surface area contributed by atoms with Crippen LogP contribution in [-0.4, -0.2) is 17.6 Å². The molecule has 0 radical (unpaired) electrons. The van der Waals surface area contributed by atoms with Crippen molar-refractivity contribution >= 4 is 27.5 Å². The molecule has 22 heavy (non-hydrogen) atoms. The average molecular weight is 315 g/mol. The first-order valence-electron chi connectivity index (χ1n) is 6.78. The Bertz CT molecular complexity index is 896. The Morgan fingerprint density at radius 3 is 2.73 bits per heavy atom. The van der Waals surface area contributed by atoms with E-state index in [0.717, 1.165) is 16.0 Å². The van der Waals surface area contributed by atoms with Gasteiger partial charge in [-0.1, -0.05) is 30.3 Å². The van der Waals surface area contributed by atoms with E-state index in [1.54, 1.807) is 6.92 Å². The molecule has 6 heteroatoms. The second kappa shape index (κ2) is 5.73. The highest BCUT2D eigenvalue weighted by Crippen LogP contribution is 2.35. The van der Waals surface area contributed by atoms with Crippen molar-refractivity contribution in [3.63, 3.8) is 0 Å². The van der Waals surface area contributed by atoms with Crippen molar-refractivity contribution in [1.29, 1.82) is 0 Å². The largest absolute Gasteiger partial charge is 0.459 e. The van der Waals surface area contributed by atoms with Gasteiger partial charge in [-0.05, 0) is 25.0 Å². The van der Waals surface area contributed by atoms with Gasteiger partial charge in [-0.3, -0.25) is 0 Å². The van der Waals surface area contributed by atoms with Crippen molar-refractivity contribution in [3.05, 3.63) is 52.2 Å². The molecule has 0 aliphatic rings. The van der Waals surface area contributed by atoms with Gasteiger partial charge in [0.1, 0.15) is 10.2 Å². The molecule has 0 N–H and O–H groups in total. The smallest absolute Gasteiger partial charge is 0.394 e. The number of aryl methyl sites for hydroxylation is 1. The number of rotatable bonds is 3. The summed E-state index contributed by atoms with van der Waals surface area (Å²) in [7, 11) is 0. The fraction of sp³-hybridized carbons (Fsp3) is 0.188. The summed E-state index contributed by atoms with van der Waals surface area (Å²) in [5.41, 5.74) is 1.24. The van der Waals surface area contributed by atoms with Crippen LogP contribution < -0.4 is 5.63 Å². The Morgan fingerprint density at radius 1 is 1.32 bits per heavy atom. The molecule has 112 valence electrons. The van der Waals surface area contributed by atoms with Crippen LogP contribution in [0, 0.1) is 6.92 Å². The molecule has 1 aromatic carbocycles. The Hall–Kier alpha value is -2.47. The topological polar surface area (TPSA) is 69.4 Å². The molecule has 0 saturated heterocycles. The molecule has 0 fully saturated rings. The van der Waals surface area contributed by atoms with Gasteiger partial charge in [0, 0.05) is 4.88 Å². The van der Waals surface area contributed by atoms with Gasteiger partial charge in [0.2, 0.25) is 0 Å². The summed E-state index contributed by atoms with van der Waals surface area (Å²) in [4.78, 5) is 29.4. The van der Waals surface area contributed by atoms with Crippen LogP contribution in [0.4, 0.5) is 0 Å². The van der Waals surface area contributed by atoms with Crippen molar-refractivity contribution in [2.24, 2.45) is 0 Å². The van der Waals surface area contributed by atoms with E-state index in [4.69, 9.17) is 9.15 Å². The maximum absolute atomic E-state index is 12.2. The molecule has 2 aromatic heterocycles. The number of thiophene rings is 1. The monoisotopic (exact) mass is 315 g/mol. The van der Waals surface area contributed by atoms with Crippen molar-refractivity contribution in [3.8, 4) is 10.4 Å². The lowest BCUT2D eigenvalue weighted by molar-refractivity contribution is 0.0474. The molecule has 3 rings (SSSR count). The van der Waals surface area contributed by atoms with Gasteiger partial charge in [0.25, 0.3) is 0 Å². The molecule has 0 bridgehead atoms. The van der Waals surface area contributed by atoms with Crippen LogP contribution in [0.1, 0.15) is 23.2 Å². The van der Waals surface area contributed by atoms with Gasteiger partial charge in [-0.2, -0.15) is 4.98 Å². The van der Waals surface area contributed by atoms with Crippen LogP contribution in [0.2, 0.25) is 0 Å². The number of hydrogen-bond donors (Lipinski definition) is 0. The maximum Gasteiger partial charge on any atom is 0.394 e. The van der Waals surface area contributed by atoms with Crippen LogP contribution in [0.5, 0.6) is 0 Å². The summed E-state index contributed by atoms with van der Waals surface area (Å²) in [6, 6.07) is 9.72. The van der Waals surface area contributed by atoms with E-state index in [2.05, 4.69) is 4.98 Å². The summed E-state index contributed by atoms with van der Waals surface area (Å²) in [5, 5.41) is 0.414. The van der Waals surface area contributed by atoms with E-state index < -0.39 is 11.6 Å². The quantitative estimate of drug-likeness (QED) is 0.693. The Kier molecular flexibility index (Phi) is 3.77. The average Bonchev–Trinajstić information content (AvgIpc) is 2.86.